The summed E-state index contributed by atoms with van der Waals surface area (Å²) in [7, 11) is -3.25. The van der Waals surface area contributed by atoms with E-state index in [1.807, 2.05) is 20.8 Å². The van der Waals surface area contributed by atoms with E-state index < -0.39 is 8.25 Å². The van der Waals surface area contributed by atoms with E-state index in [0.717, 1.165) is 61.0 Å². The summed E-state index contributed by atoms with van der Waals surface area (Å²) in [6, 6.07) is 3.46. The number of rotatable bonds is 8. The minimum Gasteiger partial charge on any atom is -0.426 e. The van der Waals surface area contributed by atoms with Gasteiger partial charge in [0.25, 0.3) is 11.5 Å². The van der Waals surface area contributed by atoms with Crippen LogP contribution in [0.4, 0.5) is 5.69 Å². The highest BCUT2D eigenvalue weighted by atomic mass is 31.1. The molecule has 1 aliphatic carbocycles. The molecule has 1 fully saturated rings. The van der Waals surface area contributed by atoms with Crippen molar-refractivity contribution in [1.29, 1.82) is 0 Å². The van der Waals surface area contributed by atoms with Crippen LogP contribution in [0.1, 0.15) is 70.9 Å². The summed E-state index contributed by atoms with van der Waals surface area (Å²) in [6.07, 6.45) is 5.60. The summed E-state index contributed by atoms with van der Waals surface area (Å²) < 4.78 is 22.2. The molecule has 1 amide bonds. The third kappa shape index (κ3) is 5.69. The lowest BCUT2D eigenvalue weighted by Crippen LogP contribution is -2.40. The van der Waals surface area contributed by atoms with Crippen molar-refractivity contribution >= 4 is 19.8 Å². The van der Waals surface area contributed by atoms with Crippen molar-refractivity contribution in [3.8, 4) is 5.75 Å². The zero-order chi connectivity index (χ0) is 25.8. The van der Waals surface area contributed by atoms with Gasteiger partial charge in [-0.15, -0.1) is 0 Å². The Morgan fingerprint density at radius 3 is 2.58 bits per heavy atom. The van der Waals surface area contributed by atoms with E-state index in [4.69, 9.17) is 9.26 Å². The number of benzene rings is 1. The number of hydrogen-bond acceptors (Lipinski definition) is 6. The number of aromatic amines is 1. The van der Waals surface area contributed by atoms with Crippen molar-refractivity contribution in [3.05, 3.63) is 56.0 Å². The topological polar surface area (TPSA) is 121 Å². The smallest absolute Gasteiger partial charge is 0.365 e. The zero-order valence-electron chi connectivity index (χ0n) is 21.2. The molecule has 10 heteroatoms. The van der Waals surface area contributed by atoms with E-state index in [9.17, 15) is 19.0 Å². The van der Waals surface area contributed by atoms with Gasteiger partial charge in [-0.3, -0.25) is 9.59 Å². The fourth-order valence-electron chi connectivity index (χ4n) is 5.55. The van der Waals surface area contributed by atoms with Gasteiger partial charge < -0.3 is 29.4 Å². The number of carbonyl (C=O) groups excluding carboxylic acids is 1. The molecule has 9 nitrogen and oxygen atoms in total. The summed E-state index contributed by atoms with van der Waals surface area (Å²) in [5.41, 5.74) is 5.47. The first-order valence-corrected chi connectivity index (χ1v) is 14.0. The second kappa shape index (κ2) is 11.6. The van der Waals surface area contributed by atoms with Crippen molar-refractivity contribution in [2.75, 3.05) is 24.7 Å². The SMILES string of the molecule is CCN(c1cc(O[PH](=O)O)cc(C(=O)NCc2c3c(c(C)[nH]c2=O)CCCC3)c1C)C1CCOCC1. The molecule has 196 valence electrons. The van der Waals surface area contributed by atoms with Crippen LogP contribution in [0.15, 0.2) is 16.9 Å². The van der Waals surface area contributed by atoms with Crippen LogP contribution in [-0.4, -0.2) is 41.6 Å². The molecule has 1 aromatic carbocycles. The molecule has 1 unspecified atom stereocenters. The average Bonchev–Trinajstić information content (AvgIpc) is 2.86. The molecule has 0 spiro atoms. The number of ether oxygens (including phenoxy) is 1. The maximum absolute atomic E-state index is 13.4. The Morgan fingerprint density at radius 1 is 1.22 bits per heavy atom. The Hall–Kier alpha value is -2.61. The van der Waals surface area contributed by atoms with Crippen LogP contribution in [0.5, 0.6) is 5.75 Å². The molecule has 1 aromatic heterocycles. The van der Waals surface area contributed by atoms with Gasteiger partial charge in [0.05, 0.1) is 0 Å². The van der Waals surface area contributed by atoms with Crippen LogP contribution in [0.2, 0.25) is 0 Å². The molecule has 4 rings (SSSR count). The second-order valence-corrected chi connectivity index (χ2v) is 10.3. The molecule has 1 saturated heterocycles. The highest BCUT2D eigenvalue weighted by Crippen LogP contribution is 2.35. The van der Waals surface area contributed by atoms with Crippen LogP contribution in [0.25, 0.3) is 0 Å². The highest BCUT2D eigenvalue weighted by Gasteiger charge is 2.26. The summed E-state index contributed by atoms with van der Waals surface area (Å²) >= 11 is 0. The van der Waals surface area contributed by atoms with Crippen LogP contribution in [-0.2, 0) is 28.7 Å². The quantitative estimate of drug-likeness (QED) is 0.458. The van der Waals surface area contributed by atoms with Crippen molar-refractivity contribution in [1.82, 2.24) is 10.3 Å². The summed E-state index contributed by atoms with van der Waals surface area (Å²) in [4.78, 5) is 40.7. The lowest BCUT2D eigenvalue weighted by Gasteiger charge is -2.36. The molecule has 1 atom stereocenters. The van der Waals surface area contributed by atoms with Gasteiger partial charge in [-0.25, -0.2) is 4.57 Å². The first kappa shape index (κ1) is 26.5. The molecular formula is C26H36N3O6P. The number of aromatic nitrogens is 1. The molecule has 1 aliphatic heterocycles. The Bertz CT molecular complexity index is 1210. The van der Waals surface area contributed by atoms with Crippen LogP contribution < -0.4 is 20.3 Å². The van der Waals surface area contributed by atoms with Gasteiger partial charge in [0.2, 0.25) is 0 Å². The van der Waals surface area contributed by atoms with Gasteiger partial charge in [0.1, 0.15) is 5.75 Å². The second-order valence-electron chi connectivity index (χ2n) is 9.52. The number of fused-ring (bicyclic) bond motifs is 1. The van der Waals surface area contributed by atoms with Crippen molar-refractivity contribution in [2.24, 2.45) is 0 Å². The highest BCUT2D eigenvalue weighted by molar-refractivity contribution is 7.32. The van der Waals surface area contributed by atoms with E-state index in [0.29, 0.717) is 30.9 Å². The van der Waals surface area contributed by atoms with Crippen LogP contribution >= 0.6 is 8.25 Å². The molecular weight excluding hydrogens is 481 g/mol. The average molecular weight is 518 g/mol. The lowest BCUT2D eigenvalue weighted by molar-refractivity contribution is 0.0845. The van der Waals surface area contributed by atoms with Crippen LogP contribution in [0.3, 0.4) is 0 Å². The number of amides is 1. The normalized spacial score (nSPS) is 16.8. The minimum absolute atomic E-state index is 0.116. The Morgan fingerprint density at radius 2 is 1.92 bits per heavy atom. The number of aryl methyl sites for hydroxylation is 1. The summed E-state index contributed by atoms with van der Waals surface area (Å²) in [5.74, 6) is -0.187. The van der Waals surface area contributed by atoms with Gasteiger partial charge >= 0.3 is 8.25 Å². The predicted octanol–water partition coefficient (Wildman–Crippen LogP) is 3.57. The van der Waals surface area contributed by atoms with Crippen molar-refractivity contribution < 1.29 is 23.5 Å². The van der Waals surface area contributed by atoms with Gasteiger partial charge in [0.15, 0.2) is 0 Å². The molecule has 36 heavy (non-hydrogen) atoms. The number of hydrogen-bond donors (Lipinski definition) is 3. The molecule has 0 bridgehead atoms. The Kier molecular flexibility index (Phi) is 8.54. The molecule has 2 aliphatic rings. The van der Waals surface area contributed by atoms with Gasteiger partial charge in [-0.05, 0) is 82.1 Å². The Labute approximate surface area is 212 Å². The summed E-state index contributed by atoms with van der Waals surface area (Å²) in [6.45, 7) is 8.00. The number of H-pyrrole nitrogens is 1. The molecule has 2 heterocycles. The first-order valence-electron chi connectivity index (χ1n) is 12.7. The number of pyridine rings is 1. The van der Waals surface area contributed by atoms with E-state index in [2.05, 4.69) is 15.2 Å². The van der Waals surface area contributed by atoms with Gasteiger partial charge in [-0.2, -0.15) is 0 Å². The van der Waals surface area contributed by atoms with E-state index in [-0.39, 0.29) is 29.8 Å². The van der Waals surface area contributed by atoms with E-state index >= 15 is 0 Å². The third-order valence-electron chi connectivity index (χ3n) is 7.37. The molecule has 3 N–H and O–H groups in total. The van der Waals surface area contributed by atoms with Gasteiger partial charge in [-0.1, -0.05) is 0 Å². The fraction of sp³-hybridized carbons (Fsp3) is 0.538. The molecule has 0 radical (unpaired) electrons. The zero-order valence-corrected chi connectivity index (χ0v) is 22.2. The van der Waals surface area contributed by atoms with Gasteiger partial charge in [0, 0.05) is 60.9 Å². The first-order chi connectivity index (χ1) is 17.3. The van der Waals surface area contributed by atoms with Crippen LogP contribution in [0, 0.1) is 13.8 Å². The molecule has 0 saturated carbocycles. The lowest BCUT2D eigenvalue weighted by atomic mass is 9.88. The standard InChI is InChI=1S/C26H36N3O6P/c1-4-29(18-9-11-34-12-10-18)24-14-19(35-36(32)33)13-22(16(24)2)25(30)27-15-23-21-8-6-5-7-20(21)17(3)28-26(23)31/h13-14,18,36H,4-12,15H2,1-3H3,(H,27,30)(H,28,31)(H,32,33). The van der Waals surface area contributed by atoms with E-state index in [1.54, 1.807) is 6.07 Å². The van der Waals surface area contributed by atoms with Crippen molar-refractivity contribution in [3.63, 3.8) is 0 Å². The van der Waals surface area contributed by atoms with E-state index in [1.165, 1.54) is 11.6 Å². The van der Waals surface area contributed by atoms with Crippen molar-refractivity contribution in [2.45, 2.75) is 71.9 Å². The maximum atomic E-state index is 13.4. The molecule has 2 aromatic rings. The Balaban J connectivity index is 1.65. The summed E-state index contributed by atoms with van der Waals surface area (Å²) in [5, 5.41) is 2.93. The number of anilines is 1. The number of nitrogens with zero attached hydrogens (tertiary/aromatic N) is 1. The number of carbonyl (C=O) groups is 1. The largest absolute Gasteiger partial charge is 0.426 e. The monoisotopic (exact) mass is 517 g/mol. The number of nitrogens with one attached hydrogen (secondary N) is 2. The fourth-order valence-corrected chi connectivity index (χ4v) is 5.87. The maximum Gasteiger partial charge on any atom is 0.365 e. The minimum atomic E-state index is -3.25. The predicted molar refractivity (Wildman–Crippen MR) is 140 cm³/mol. The third-order valence-corrected chi connectivity index (χ3v) is 7.78.